The molecule has 0 radical (unpaired) electrons. The molecule has 0 aliphatic heterocycles. The molecular weight excluding hydrogens is 336 g/mol. The van der Waals surface area contributed by atoms with E-state index in [9.17, 15) is 4.79 Å². The highest BCUT2D eigenvalue weighted by atomic mass is 16.2. The van der Waals surface area contributed by atoms with Crippen LogP contribution in [-0.4, -0.2) is 35.3 Å². The summed E-state index contributed by atoms with van der Waals surface area (Å²) in [7, 11) is 0. The van der Waals surface area contributed by atoms with Crippen LogP contribution in [0.5, 0.6) is 0 Å². The van der Waals surface area contributed by atoms with Crippen molar-refractivity contribution in [1.29, 1.82) is 0 Å². The number of carbonyl (C=O) groups excluding carboxylic acids is 1. The first-order valence-corrected chi connectivity index (χ1v) is 9.32. The number of amides is 1. The van der Waals surface area contributed by atoms with Gasteiger partial charge in [0.25, 0.3) is 0 Å². The summed E-state index contributed by atoms with van der Waals surface area (Å²) in [5.41, 5.74) is 3.33. The summed E-state index contributed by atoms with van der Waals surface area (Å²) in [6.07, 6.45) is 3.52. The van der Waals surface area contributed by atoms with E-state index in [1.807, 2.05) is 42.6 Å². The minimum atomic E-state index is -0.463. The normalized spacial score (nSPS) is 11.8. The fourth-order valence-corrected chi connectivity index (χ4v) is 3.20. The lowest BCUT2D eigenvalue weighted by Gasteiger charge is -2.24. The van der Waals surface area contributed by atoms with Gasteiger partial charge in [-0.05, 0) is 43.2 Å². The second kappa shape index (κ2) is 9.03. The summed E-state index contributed by atoms with van der Waals surface area (Å²) in [5.74, 6) is -0.0507. The minimum absolute atomic E-state index is 0.0507. The highest BCUT2D eigenvalue weighted by molar-refractivity contribution is 5.83. The van der Waals surface area contributed by atoms with Crippen molar-refractivity contribution in [2.45, 2.75) is 19.9 Å². The predicted octanol–water partition coefficient (Wildman–Crippen LogP) is 3.42. The lowest BCUT2D eigenvalue weighted by Crippen LogP contribution is -2.39. The van der Waals surface area contributed by atoms with Crippen LogP contribution in [0.15, 0.2) is 73.1 Å². The molecule has 1 amide bonds. The summed E-state index contributed by atoms with van der Waals surface area (Å²) in [5, 5.41) is 7.35. The van der Waals surface area contributed by atoms with Gasteiger partial charge in [0.05, 0.1) is 0 Å². The number of rotatable bonds is 8. The van der Waals surface area contributed by atoms with Gasteiger partial charge in [0, 0.05) is 37.7 Å². The smallest absolute Gasteiger partial charge is 0.249 e. The van der Waals surface area contributed by atoms with E-state index >= 15 is 0 Å². The van der Waals surface area contributed by atoms with Crippen molar-refractivity contribution in [3.05, 3.63) is 84.2 Å². The van der Waals surface area contributed by atoms with Crippen LogP contribution in [0.4, 0.5) is 5.69 Å². The number of nitrogens with one attached hydrogen (secondary N) is 1. The van der Waals surface area contributed by atoms with Gasteiger partial charge in [0.2, 0.25) is 5.91 Å². The van der Waals surface area contributed by atoms with Crippen molar-refractivity contribution in [3.63, 3.8) is 0 Å². The lowest BCUT2D eigenvalue weighted by atomic mass is 10.1. The molecule has 5 heteroatoms. The number of benzene rings is 2. The van der Waals surface area contributed by atoms with Gasteiger partial charge in [-0.3, -0.25) is 9.48 Å². The first-order chi connectivity index (χ1) is 13.2. The Balaban J connectivity index is 1.66. The Morgan fingerprint density at radius 3 is 2.63 bits per heavy atom. The Bertz CT molecular complexity index is 846. The topological polar surface area (TPSA) is 50.2 Å². The SMILES string of the molecule is CCN(CCNC(=O)C(c1ccccc1)n1cccn1)c1cccc(C)c1. The molecule has 140 valence electrons. The van der Waals surface area contributed by atoms with Crippen molar-refractivity contribution >= 4 is 11.6 Å². The number of nitrogens with zero attached hydrogens (tertiary/aromatic N) is 3. The third kappa shape index (κ3) is 4.76. The van der Waals surface area contributed by atoms with Gasteiger partial charge >= 0.3 is 0 Å². The Kier molecular flexibility index (Phi) is 6.26. The van der Waals surface area contributed by atoms with Crippen molar-refractivity contribution in [2.24, 2.45) is 0 Å². The molecule has 1 unspecified atom stereocenters. The molecule has 1 N–H and O–H groups in total. The number of anilines is 1. The largest absolute Gasteiger partial charge is 0.370 e. The lowest BCUT2D eigenvalue weighted by molar-refractivity contribution is -0.123. The first-order valence-electron chi connectivity index (χ1n) is 9.32. The van der Waals surface area contributed by atoms with Gasteiger partial charge in [-0.15, -0.1) is 0 Å². The van der Waals surface area contributed by atoms with E-state index in [0.717, 1.165) is 18.7 Å². The molecule has 0 spiro atoms. The van der Waals surface area contributed by atoms with E-state index in [4.69, 9.17) is 0 Å². The molecule has 1 heterocycles. The maximum absolute atomic E-state index is 12.9. The molecule has 0 aliphatic carbocycles. The van der Waals surface area contributed by atoms with Crippen molar-refractivity contribution in [3.8, 4) is 0 Å². The zero-order chi connectivity index (χ0) is 19.1. The highest BCUT2D eigenvalue weighted by Crippen LogP contribution is 2.18. The van der Waals surface area contributed by atoms with Crippen LogP contribution >= 0.6 is 0 Å². The Morgan fingerprint density at radius 2 is 1.96 bits per heavy atom. The fourth-order valence-electron chi connectivity index (χ4n) is 3.20. The molecule has 0 bridgehead atoms. The predicted molar refractivity (Wildman–Crippen MR) is 109 cm³/mol. The quantitative estimate of drug-likeness (QED) is 0.668. The second-order valence-corrected chi connectivity index (χ2v) is 6.51. The molecule has 3 rings (SSSR count). The van der Waals surface area contributed by atoms with E-state index in [0.29, 0.717) is 6.54 Å². The molecule has 0 saturated carbocycles. The van der Waals surface area contributed by atoms with Crippen molar-refractivity contribution in [1.82, 2.24) is 15.1 Å². The zero-order valence-electron chi connectivity index (χ0n) is 15.9. The molecule has 2 aromatic carbocycles. The van der Waals surface area contributed by atoms with Gasteiger partial charge in [-0.25, -0.2) is 0 Å². The number of likely N-dealkylation sites (N-methyl/N-ethyl adjacent to an activating group) is 1. The Hall–Kier alpha value is -3.08. The van der Waals surface area contributed by atoms with Gasteiger partial charge in [0.15, 0.2) is 6.04 Å². The maximum atomic E-state index is 12.9. The van der Waals surface area contributed by atoms with E-state index in [1.54, 1.807) is 10.9 Å². The molecule has 3 aromatic rings. The van der Waals surface area contributed by atoms with Crippen LogP contribution in [0.3, 0.4) is 0 Å². The molecule has 1 atom stereocenters. The maximum Gasteiger partial charge on any atom is 0.249 e. The molecule has 27 heavy (non-hydrogen) atoms. The summed E-state index contributed by atoms with van der Waals surface area (Å²) in [6, 6.07) is 19.5. The monoisotopic (exact) mass is 362 g/mol. The van der Waals surface area contributed by atoms with Crippen LogP contribution in [0, 0.1) is 6.92 Å². The Morgan fingerprint density at radius 1 is 1.15 bits per heavy atom. The minimum Gasteiger partial charge on any atom is -0.370 e. The van der Waals surface area contributed by atoms with Gasteiger partial charge in [-0.1, -0.05) is 42.5 Å². The molecule has 0 aliphatic rings. The van der Waals surface area contributed by atoms with Crippen LogP contribution in [0.2, 0.25) is 0 Å². The number of hydrogen-bond donors (Lipinski definition) is 1. The number of carbonyl (C=O) groups is 1. The summed E-state index contributed by atoms with van der Waals surface area (Å²) in [6.45, 7) is 6.44. The van der Waals surface area contributed by atoms with Gasteiger partial charge < -0.3 is 10.2 Å². The standard InChI is InChI=1S/C22H26N4O/c1-3-25(20-12-7-9-18(2)17-20)16-14-23-22(27)21(26-15-8-13-24-26)19-10-5-4-6-11-19/h4-13,15,17,21H,3,14,16H2,1-2H3,(H,23,27). The number of aromatic nitrogens is 2. The van der Waals surface area contributed by atoms with Crippen molar-refractivity contribution in [2.75, 3.05) is 24.5 Å². The van der Waals surface area contributed by atoms with Crippen LogP contribution in [-0.2, 0) is 4.79 Å². The summed E-state index contributed by atoms with van der Waals surface area (Å²) in [4.78, 5) is 15.2. The second-order valence-electron chi connectivity index (χ2n) is 6.51. The Labute approximate surface area is 160 Å². The third-order valence-corrected chi connectivity index (χ3v) is 4.58. The molecule has 0 saturated heterocycles. The van der Waals surface area contributed by atoms with E-state index < -0.39 is 6.04 Å². The van der Waals surface area contributed by atoms with Crippen LogP contribution in [0.25, 0.3) is 0 Å². The number of hydrogen-bond acceptors (Lipinski definition) is 3. The highest BCUT2D eigenvalue weighted by Gasteiger charge is 2.22. The average Bonchev–Trinajstić information content (AvgIpc) is 3.20. The van der Waals surface area contributed by atoms with Crippen LogP contribution in [0.1, 0.15) is 24.1 Å². The van der Waals surface area contributed by atoms with Gasteiger partial charge in [-0.2, -0.15) is 5.10 Å². The summed E-state index contributed by atoms with van der Waals surface area (Å²) >= 11 is 0. The van der Waals surface area contributed by atoms with E-state index in [1.165, 1.54) is 11.3 Å². The van der Waals surface area contributed by atoms with E-state index in [2.05, 4.69) is 53.4 Å². The summed E-state index contributed by atoms with van der Waals surface area (Å²) < 4.78 is 1.70. The molecule has 1 aromatic heterocycles. The van der Waals surface area contributed by atoms with Gasteiger partial charge in [0.1, 0.15) is 0 Å². The third-order valence-electron chi connectivity index (χ3n) is 4.58. The van der Waals surface area contributed by atoms with E-state index in [-0.39, 0.29) is 5.91 Å². The van der Waals surface area contributed by atoms with Crippen LogP contribution < -0.4 is 10.2 Å². The average molecular weight is 362 g/mol. The molecular formula is C22H26N4O. The first kappa shape index (κ1) is 18.7. The fraction of sp³-hybridized carbons (Fsp3) is 0.273. The molecule has 5 nitrogen and oxygen atoms in total. The zero-order valence-corrected chi connectivity index (χ0v) is 15.9. The van der Waals surface area contributed by atoms with Crippen molar-refractivity contribution < 1.29 is 4.79 Å². The molecule has 0 fully saturated rings. The number of aryl methyl sites for hydroxylation is 1.